The van der Waals surface area contributed by atoms with Crippen molar-refractivity contribution in [2.75, 3.05) is 32.8 Å². The summed E-state index contributed by atoms with van der Waals surface area (Å²) in [5.41, 5.74) is 0. The topological polar surface area (TPSA) is 52.6 Å². The van der Waals surface area contributed by atoms with E-state index in [4.69, 9.17) is 5.11 Å². The van der Waals surface area contributed by atoms with Gasteiger partial charge in [-0.3, -0.25) is 4.90 Å². The normalized spacial score (nSPS) is 23.8. The van der Waals surface area contributed by atoms with Gasteiger partial charge in [0.25, 0.3) is 0 Å². The molecule has 0 aromatic carbocycles. The Morgan fingerprint density at radius 1 is 1.54 bits per heavy atom. The second-order valence-corrected chi connectivity index (χ2v) is 3.53. The molecule has 1 heterocycles. The Bertz CT molecular complexity index is 158. The van der Waals surface area contributed by atoms with Crippen LogP contribution in [0.1, 0.15) is 6.92 Å². The third-order valence-corrected chi connectivity index (χ3v) is 2.63. The van der Waals surface area contributed by atoms with Crippen LogP contribution >= 0.6 is 0 Å². The summed E-state index contributed by atoms with van der Waals surface area (Å²) in [6.07, 6.45) is 0.920. The largest absolute Gasteiger partial charge is 0.395 e. The molecule has 0 aromatic rings. The molecule has 1 aliphatic rings. The van der Waals surface area contributed by atoms with Gasteiger partial charge in [0.15, 0.2) is 0 Å². The smallest absolute Gasteiger partial charge is 0.124 e. The highest BCUT2D eigenvalue weighted by atomic mass is 16.3. The van der Waals surface area contributed by atoms with Crippen LogP contribution in [-0.2, 0) is 4.79 Å². The molecule has 1 fully saturated rings. The first-order chi connectivity index (χ1) is 6.29. The van der Waals surface area contributed by atoms with E-state index in [0.29, 0.717) is 0 Å². The van der Waals surface area contributed by atoms with Crippen LogP contribution in [0.3, 0.4) is 0 Å². The summed E-state index contributed by atoms with van der Waals surface area (Å²) >= 11 is 0. The molecule has 0 spiro atoms. The van der Waals surface area contributed by atoms with Gasteiger partial charge in [-0.25, -0.2) is 0 Å². The van der Waals surface area contributed by atoms with Gasteiger partial charge < -0.3 is 15.2 Å². The summed E-state index contributed by atoms with van der Waals surface area (Å²) in [6, 6.07) is -0.000370. The van der Waals surface area contributed by atoms with E-state index in [1.807, 2.05) is 6.92 Å². The number of nitrogens with zero attached hydrogens (tertiary/aromatic N) is 1. The predicted molar refractivity (Wildman–Crippen MR) is 50.5 cm³/mol. The van der Waals surface area contributed by atoms with Crippen LogP contribution in [-0.4, -0.2) is 55.1 Å². The minimum absolute atomic E-state index is 0.000370. The number of piperazine rings is 1. The van der Waals surface area contributed by atoms with Crippen molar-refractivity contribution < 1.29 is 9.90 Å². The zero-order valence-corrected chi connectivity index (χ0v) is 8.07. The first kappa shape index (κ1) is 10.6. The van der Waals surface area contributed by atoms with Crippen LogP contribution in [0.4, 0.5) is 0 Å². The van der Waals surface area contributed by atoms with E-state index in [-0.39, 0.29) is 18.6 Å². The molecule has 0 bridgehead atoms. The van der Waals surface area contributed by atoms with E-state index >= 15 is 0 Å². The van der Waals surface area contributed by atoms with Gasteiger partial charge in [0.2, 0.25) is 0 Å². The summed E-state index contributed by atoms with van der Waals surface area (Å²) < 4.78 is 0. The molecule has 0 aliphatic carbocycles. The fourth-order valence-electron chi connectivity index (χ4n) is 1.72. The van der Waals surface area contributed by atoms with Gasteiger partial charge in [-0.05, 0) is 0 Å². The molecule has 4 nitrogen and oxygen atoms in total. The van der Waals surface area contributed by atoms with Crippen molar-refractivity contribution in [3.05, 3.63) is 0 Å². The van der Waals surface area contributed by atoms with Gasteiger partial charge in [0.05, 0.1) is 6.61 Å². The van der Waals surface area contributed by atoms with Gasteiger partial charge in [0.1, 0.15) is 6.29 Å². The summed E-state index contributed by atoms with van der Waals surface area (Å²) in [6.45, 7) is 5.66. The van der Waals surface area contributed by atoms with E-state index in [1.54, 1.807) is 0 Å². The van der Waals surface area contributed by atoms with Crippen LogP contribution in [0.25, 0.3) is 0 Å². The third-order valence-electron chi connectivity index (χ3n) is 2.63. The Hall–Kier alpha value is -0.450. The molecule has 4 heteroatoms. The molecule has 2 atom stereocenters. The fraction of sp³-hybridized carbons (Fsp3) is 0.889. The number of hydrogen-bond acceptors (Lipinski definition) is 4. The zero-order chi connectivity index (χ0) is 9.68. The maximum absolute atomic E-state index is 10.6. The molecular formula is C9H18N2O2. The van der Waals surface area contributed by atoms with Gasteiger partial charge in [-0.15, -0.1) is 0 Å². The molecule has 0 radical (unpaired) electrons. The van der Waals surface area contributed by atoms with Crippen LogP contribution < -0.4 is 5.32 Å². The zero-order valence-electron chi connectivity index (χ0n) is 8.07. The second-order valence-electron chi connectivity index (χ2n) is 3.53. The van der Waals surface area contributed by atoms with Gasteiger partial charge >= 0.3 is 0 Å². The number of aliphatic hydroxyl groups is 1. The van der Waals surface area contributed by atoms with E-state index in [9.17, 15) is 4.79 Å². The lowest BCUT2D eigenvalue weighted by Crippen LogP contribution is -2.52. The van der Waals surface area contributed by atoms with Crippen molar-refractivity contribution in [2.24, 2.45) is 5.92 Å². The Kier molecular flexibility index (Phi) is 4.35. The first-order valence-electron chi connectivity index (χ1n) is 4.80. The van der Waals surface area contributed by atoms with E-state index in [0.717, 1.165) is 32.5 Å². The highest BCUT2D eigenvalue weighted by molar-refractivity contribution is 5.54. The number of nitrogens with one attached hydrogen (secondary N) is 1. The van der Waals surface area contributed by atoms with Crippen LogP contribution in [0.5, 0.6) is 0 Å². The molecule has 1 rings (SSSR count). The van der Waals surface area contributed by atoms with Crippen LogP contribution in [0.2, 0.25) is 0 Å². The summed E-state index contributed by atoms with van der Waals surface area (Å²) in [5, 5.41) is 12.4. The van der Waals surface area contributed by atoms with Crippen molar-refractivity contribution in [1.29, 1.82) is 0 Å². The lowest BCUT2D eigenvalue weighted by atomic mass is 10.0. The fourth-order valence-corrected chi connectivity index (χ4v) is 1.72. The minimum atomic E-state index is -0.0805. The number of carbonyl (C=O) groups excluding carboxylic acids is 1. The van der Waals surface area contributed by atoms with Crippen molar-refractivity contribution in [3.8, 4) is 0 Å². The van der Waals surface area contributed by atoms with Crippen LogP contribution in [0.15, 0.2) is 0 Å². The number of hydrogen-bond donors (Lipinski definition) is 2. The van der Waals surface area contributed by atoms with Crippen molar-refractivity contribution in [3.63, 3.8) is 0 Å². The molecule has 2 N–H and O–H groups in total. The average Bonchev–Trinajstić information content (AvgIpc) is 2.20. The van der Waals surface area contributed by atoms with Gasteiger partial charge in [-0.1, -0.05) is 6.92 Å². The lowest BCUT2D eigenvalue weighted by Gasteiger charge is -2.35. The monoisotopic (exact) mass is 186 g/mol. The van der Waals surface area contributed by atoms with E-state index in [1.165, 1.54) is 0 Å². The van der Waals surface area contributed by atoms with Crippen molar-refractivity contribution in [1.82, 2.24) is 10.2 Å². The van der Waals surface area contributed by atoms with E-state index < -0.39 is 0 Å². The van der Waals surface area contributed by atoms with Gasteiger partial charge in [-0.2, -0.15) is 0 Å². The molecular weight excluding hydrogens is 168 g/mol. The Labute approximate surface area is 78.9 Å². The molecule has 13 heavy (non-hydrogen) atoms. The maximum Gasteiger partial charge on any atom is 0.124 e. The predicted octanol–water partition coefficient (Wildman–Crippen LogP) is -0.912. The molecule has 1 aliphatic heterocycles. The highest BCUT2D eigenvalue weighted by Gasteiger charge is 2.24. The SMILES string of the molecule is CC(C=O)C(CO)N1CCNCC1. The molecule has 0 aromatic heterocycles. The number of aliphatic hydroxyl groups excluding tert-OH is 1. The molecule has 76 valence electrons. The summed E-state index contributed by atoms with van der Waals surface area (Å²) in [7, 11) is 0. The second kappa shape index (κ2) is 5.32. The number of aldehydes is 1. The number of carbonyl (C=O) groups is 1. The molecule has 0 saturated carbocycles. The standard InChI is InChI=1S/C9H18N2O2/c1-8(6-12)9(7-13)11-4-2-10-3-5-11/h6,8-10,13H,2-5,7H2,1H3. The molecule has 0 amide bonds. The molecule has 2 unspecified atom stereocenters. The van der Waals surface area contributed by atoms with Crippen molar-refractivity contribution in [2.45, 2.75) is 13.0 Å². The quantitative estimate of drug-likeness (QED) is 0.558. The third kappa shape index (κ3) is 2.76. The average molecular weight is 186 g/mol. The first-order valence-corrected chi connectivity index (χ1v) is 4.80. The Morgan fingerprint density at radius 2 is 2.15 bits per heavy atom. The summed E-state index contributed by atoms with van der Waals surface area (Å²) in [4.78, 5) is 12.8. The molecule has 1 saturated heterocycles. The van der Waals surface area contributed by atoms with Gasteiger partial charge in [0, 0.05) is 38.1 Å². The minimum Gasteiger partial charge on any atom is -0.395 e. The summed E-state index contributed by atoms with van der Waals surface area (Å²) in [5.74, 6) is -0.0805. The Morgan fingerprint density at radius 3 is 2.62 bits per heavy atom. The maximum atomic E-state index is 10.6. The number of rotatable bonds is 4. The highest BCUT2D eigenvalue weighted by Crippen LogP contribution is 2.09. The van der Waals surface area contributed by atoms with Crippen LogP contribution in [0, 0.1) is 5.92 Å². The van der Waals surface area contributed by atoms with E-state index in [2.05, 4.69) is 10.2 Å². The lowest BCUT2D eigenvalue weighted by molar-refractivity contribution is -0.113. The van der Waals surface area contributed by atoms with Crippen molar-refractivity contribution >= 4 is 6.29 Å². The Balaban J connectivity index is 2.48.